The Balaban J connectivity index is 2.18. The highest BCUT2D eigenvalue weighted by Gasteiger charge is 2.29. The van der Waals surface area contributed by atoms with Gasteiger partial charge in [0.1, 0.15) is 5.60 Å². The molecule has 0 radical (unpaired) electrons. The van der Waals surface area contributed by atoms with Crippen LogP contribution in [-0.4, -0.2) is 51.0 Å². The van der Waals surface area contributed by atoms with Crippen LogP contribution in [0, 0.1) is 5.92 Å². The zero-order valence-corrected chi connectivity index (χ0v) is 17.2. The topological polar surface area (TPSA) is 72.9 Å². The monoisotopic (exact) mass is 377 g/mol. The SMILES string of the molecule is CN(C(=O)OC(C)(C)C)C1CCC(CCCCCOS(C)(=O)=O)CC1. The number of carbonyl (C=O) groups excluding carboxylic acids is 1. The number of ether oxygens (including phenoxy) is 1. The van der Waals surface area contributed by atoms with Crippen LogP contribution in [-0.2, 0) is 19.0 Å². The molecular formula is C18H35NO5S. The lowest BCUT2D eigenvalue weighted by molar-refractivity contribution is 0.0170. The summed E-state index contributed by atoms with van der Waals surface area (Å²) in [5.74, 6) is 0.708. The molecule has 0 unspecified atom stereocenters. The molecule has 0 saturated heterocycles. The fourth-order valence-corrected chi connectivity index (χ4v) is 3.65. The van der Waals surface area contributed by atoms with Crippen LogP contribution in [0.2, 0.25) is 0 Å². The van der Waals surface area contributed by atoms with Crippen LogP contribution in [0.4, 0.5) is 4.79 Å². The summed E-state index contributed by atoms with van der Waals surface area (Å²) in [6.07, 6.45) is 9.22. The molecule has 148 valence electrons. The Morgan fingerprint density at radius 1 is 1.08 bits per heavy atom. The van der Waals surface area contributed by atoms with Gasteiger partial charge in [0.2, 0.25) is 0 Å². The van der Waals surface area contributed by atoms with E-state index >= 15 is 0 Å². The Bertz CT molecular complexity index is 504. The quantitative estimate of drug-likeness (QED) is 0.473. The van der Waals surface area contributed by atoms with Gasteiger partial charge in [0.25, 0.3) is 10.1 Å². The lowest BCUT2D eigenvalue weighted by Crippen LogP contribution is -2.42. The molecule has 0 bridgehead atoms. The lowest BCUT2D eigenvalue weighted by Gasteiger charge is -2.35. The minimum absolute atomic E-state index is 0.234. The van der Waals surface area contributed by atoms with Crippen LogP contribution in [0.25, 0.3) is 0 Å². The molecule has 7 heteroatoms. The maximum absolute atomic E-state index is 12.1. The summed E-state index contributed by atoms with van der Waals surface area (Å²) in [7, 11) is -1.47. The van der Waals surface area contributed by atoms with Gasteiger partial charge in [0.15, 0.2) is 0 Å². The molecule has 0 spiro atoms. The molecule has 1 rings (SSSR count). The Labute approximate surface area is 153 Å². The summed E-state index contributed by atoms with van der Waals surface area (Å²) < 4.78 is 31.9. The molecule has 1 aliphatic carbocycles. The third kappa shape index (κ3) is 10.0. The second-order valence-electron chi connectivity index (χ2n) is 8.14. The second-order valence-corrected chi connectivity index (χ2v) is 9.79. The minimum atomic E-state index is -3.31. The van der Waals surface area contributed by atoms with E-state index in [0.717, 1.165) is 51.2 Å². The van der Waals surface area contributed by atoms with Gasteiger partial charge < -0.3 is 9.64 Å². The Morgan fingerprint density at radius 3 is 2.20 bits per heavy atom. The number of hydrogen-bond acceptors (Lipinski definition) is 5. The van der Waals surface area contributed by atoms with Crippen LogP contribution >= 0.6 is 0 Å². The van der Waals surface area contributed by atoms with Crippen molar-refractivity contribution in [3.8, 4) is 0 Å². The molecule has 25 heavy (non-hydrogen) atoms. The first kappa shape index (κ1) is 22.2. The van der Waals surface area contributed by atoms with Crippen molar-refractivity contribution in [2.45, 2.75) is 83.8 Å². The van der Waals surface area contributed by atoms with Crippen LogP contribution in [0.3, 0.4) is 0 Å². The molecule has 1 fully saturated rings. The average molecular weight is 378 g/mol. The van der Waals surface area contributed by atoms with Crippen LogP contribution in [0.5, 0.6) is 0 Å². The van der Waals surface area contributed by atoms with Gasteiger partial charge in [-0.15, -0.1) is 0 Å². The van der Waals surface area contributed by atoms with Crippen molar-refractivity contribution in [1.82, 2.24) is 4.90 Å². The van der Waals surface area contributed by atoms with Gasteiger partial charge in [0, 0.05) is 13.1 Å². The maximum atomic E-state index is 12.1. The van der Waals surface area contributed by atoms with Crippen LogP contribution in [0.15, 0.2) is 0 Å². The summed E-state index contributed by atoms with van der Waals surface area (Å²) in [5.41, 5.74) is -0.455. The molecule has 0 N–H and O–H groups in total. The predicted molar refractivity (Wildman–Crippen MR) is 99.0 cm³/mol. The Kier molecular flexibility index (Phi) is 8.68. The molecule has 1 aliphatic rings. The molecule has 0 heterocycles. The van der Waals surface area contributed by atoms with E-state index < -0.39 is 15.7 Å². The maximum Gasteiger partial charge on any atom is 0.410 e. The molecule has 0 aromatic carbocycles. The Morgan fingerprint density at radius 2 is 1.68 bits per heavy atom. The van der Waals surface area contributed by atoms with Gasteiger partial charge in [-0.05, 0) is 58.8 Å². The molecule has 0 atom stereocenters. The number of carbonyl (C=O) groups is 1. The predicted octanol–water partition coefficient (Wildman–Crippen LogP) is 3.95. The Hall–Kier alpha value is -0.820. The first-order valence-corrected chi connectivity index (χ1v) is 11.1. The van der Waals surface area contributed by atoms with Crippen molar-refractivity contribution in [3.63, 3.8) is 0 Å². The highest BCUT2D eigenvalue weighted by atomic mass is 32.2. The van der Waals surface area contributed by atoms with Gasteiger partial charge in [0.05, 0.1) is 12.9 Å². The van der Waals surface area contributed by atoms with Crippen molar-refractivity contribution in [1.29, 1.82) is 0 Å². The van der Waals surface area contributed by atoms with E-state index in [1.807, 2.05) is 27.8 Å². The van der Waals surface area contributed by atoms with Crippen molar-refractivity contribution in [2.24, 2.45) is 5.92 Å². The molecule has 1 saturated carbocycles. The lowest BCUT2D eigenvalue weighted by atomic mass is 9.82. The molecule has 0 aromatic rings. The van der Waals surface area contributed by atoms with Gasteiger partial charge in [-0.2, -0.15) is 8.42 Å². The molecule has 1 amide bonds. The third-order valence-electron chi connectivity index (χ3n) is 4.60. The summed E-state index contributed by atoms with van der Waals surface area (Å²) >= 11 is 0. The zero-order valence-electron chi connectivity index (χ0n) is 16.4. The molecular weight excluding hydrogens is 342 g/mol. The van der Waals surface area contributed by atoms with Gasteiger partial charge >= 0.3 is 6.09 Å². The number of unbranched alkanes of at least 4 members (excludes halogenated alkanes) is 2. The highest BCUT2D eigenvalue weighted by molar-refractivity contribution is 7.85. The normalized spacial score (nSPS) is 21.8. The van der Waals surface area contributed by atoms with Gasteiger partial charge in [-0.3, -0.25) is 4.18 Å². The summed E-state index contributed by atoms with van der Waals surface area (Å²) in [6, 6.07) is 0.272. The summed E-state index contributed by atoms with van der Waals surface area (Å²) in [5, 5.41) is 0. The van der Waals surface area contributed by atoms with Crippen LogP contribution in [0.1, 0.15) is 72.1 Å². The largest absolute Gasteiger partial charge is 0.444 e. The summed E-state index contributed by atoms with van der Waals surface area (Å²) in [6.45, 7) is 5.94. The first-order chi connectivity index (χ1) is 11.5. The van der Waals surface area contributed by atoms with E-state index in [1.54, 1.807) is 4.90 Å². The minimum Gasteiger partial charge on any atom is -0.444 e. The number of rotatable bonds is 8. The number of amides is 1. The molecule has 6 nitrogen and oxygen atoms in total. The van der Waals surface area contributed by atoms with Gasteiger partial charge in [-0.1, -0.05) is 19.3 Å². The number of hydrogen-bond donors (Lipinski definition) is 0. The van der Waals surface area contributed by atoms with E-state index in [2.05, 4.69) is 0 Å². The van der Waals surface area contributed by atoms with E-state index in [0.29, 0.717) is 5.92 Å². The van der Waals surface area contributed by atoms with E-state index in [9.17, 15) is 13.2 Å². The molecule has 0 aromatic heterocycles. The fourth-order valence-electron chi connectivity index (χ4n) is 3.23. The first-order valence-electron chi connectivity index (χ1n) is 9.28. The van der Waals surface area contributed by atoms with Crippen molar-refractivity contribution in [2.75, 3.05) is 19.9 Å². The van der Waals surface area contributed by atoms with Gasteiger partial charge in [-0.25, -0.2) is 4.79 Å². The molecule has 0 aliphatic heterocycles. The van der Waals surface area contributed by atoms with E-state index in [4.69, 9.17) is 8.92 Å². The third-order valence-corrected chi connectivity index (χ3v) is 5.19. The van der Waals surface area contributed by atoms with E-state index in [-0.39, 0.29) is 18.7 Å². The zero-order chi connectivity index (χ0) is 19.1. The van der Waals surface area contributed by atoms with Crippen molar-refractivity contribution < 1.29 is 22.1 Å². The summed E-state index contributed by atoms with van der Waals surface area (Å²) in [4.78, 5) is 13.9. The van der Waals surface area contributed by atoms with E-state index in [1.165, 1.54) is 6.42 Å². The van der Waals surface area contributed by atoms with Crippen LogP contribution < -0.4 is 0 Å². The highest BCUT2D eigenvalue weighted by Crippen LogP contribution is 2.31. The average Bonchev–Trinajstić information content (AvgIpc) is 2.48. The smallest absolute Gasteiger partial charge is 0.410 e. The van der Waals surface area contributed by atoms with Crippen molar-refractivity contribution >= 4 is 16.2 Å². The van der Waals surface area contributed by atoms with Crippen molar-refractivity contribution in [3.05, 3.63) is 0 Å². The fraction of sp³-hybridized carbons (Fsp3) is 0.944. The standard InChI is InChI=1S/C18H35NO5S/c1-18(2,3)24-17(20)19(4)16-12-10-15(11-13-16)9-7-6-8-14-23-25(5,21)22/h15-16H,6-14H2,1-5H3. The number of nitrogens with zero attached hydrogens (tertiary/aromatic N) is 1. The second kappa shape index (κ2) is 9.76.